The minimum atomic E-state index is -0.709. The van der Waals surface area contributed by atoms with Gasteiger partial charge in [-0.25, -0.2) is 9.18 Å². The number of alkyl carbamates (subject to hydrolysis) is 1. The Hall–Kier alpha value is -0.840. The number of aliphatic hydroxyl groups excluding tert-OH is 1. The lowest BCUT2D eigenvalue weighted by Crippen LogP contribution is -2.40. The van der Waals surface area contributed by atoms with Crippen LogP contribution in [0.2, 0.25) is 0 Å². The van der Waals surface area contributed by atoms with Gasteiger partial charge in [-0.15, -0.1) is 0 Å². The molecule has 84 valence electrons. The lowest BCUT2D eigenvalue weighted by Gasteiger charge is -2.22. The minimum Gasteiger partial charge on any atom is -0.444 e. The second-order valence-corrected chi connectivity index (χ2v) is 4.01. The van der Waals surface area contributed by atoms with Gasteiger partial charge in [0.05, 0.1) is 6.04 Å². The van der Waals surface area contributed by atoms with Crippen LogP contribution in [0.25, 0.3) is 0 Å². The van der Waals surface area contributed by atoms with Crippen molar-refractivity contribution in [2.45, 2.75) is 38.8 Å². The van der Waals surface area contributed by atoms with Crippen LogP contribution >= 0.6 is 0 Å². The number of halogens is 1. The van der Waals surface area contributed by atoms with E-state index in [2.05, 4.69) is 5.32 Å². The Morgan fingerprint density at radius 1 is 1.57 bits per heavy atom. The van der Waals surface area contributed by atoms with Gasteiger partial charge in [0.1, 0.15) is 12.3 Å². The topological polar surface area (TPSA) is 58.6 Å². The fourth-order valence-electron chi connectivity index (χ4n) is 0.818. The van der Waals surface area contributed by atoms with E-state index in [1.807, 2.05) is 0 Å². The van der Waals surface area contributed by atoms with Crippen LogP contribution < -0.4 is 5.32 Å². The predicted octanol–water partition coefficient (Wildman–Crippen LogP) is 1.23. The molecule has 0 aromatic carbocycles. The molecule has 5 heteroatoms. The average molecular weight is 207 g/mol. The van der Waals surface area contributed by atoms with Crippen LogP contribution in [-0.2, 0) is 4.74 Å². The van der Waals surface area contributed by atoms with Gasteiger partial charge in [-0.1, -0.05) is 0 Å². The highest BCUT2D eigenvalue weighted by atomic mass is 19.1. The molecular weight excluding hydrogens is 189 g/mol. The fourth-order valence-corrected chi connectivity index (χ4v) is 0.818. The molecular formula is C9H18FNO3. The molecule has 0 spiro atoms. The summed E-state index contributed by atoms with van der Waals surface area (Å²) in [5.74, 6) is 0. The molecule has 0 aliphatic carbocycles. The van der Waals surface area contributed by atoms with E-state index in [4.69, 9.17) is 9.84 Å². The Bertz CT molecular complexity index is 179. The zero-order valence-electron chi connectivity index (χ0n) is 8.84. The lowest BCUT2D eigenvalue weighted by molar-refractivity contribution is 0.0488. The number of nitrogens with one attached hydrogen (secondary N) is 1. The average Bonchev–Trinajstić information content (AvgIpc) is 2.00. The maximum atomic E-state index is 12.3. The summed E-state index contributed by atoms with van der Waals surface area (Å²) >= 11 is 0. The molecule has 0 aliphatic rings. The van der Waals surface area contributed by atoms with E-state index in [1.165, 1.54) is 0 Å². The van der Waals surface area contributed by atoms with Crippen LogP contribution in [0.15, 0.2) is 0 Å². The molecule has 14 heavy (non-hydrogen) atoms. The summed E-state index contributed by atoms with van der Waals surface area (Å²) in [6.45, 7) is 4.30. The molecule has 1 unspecified atom stereocenters. The molecule has 0 saturated carbocycles. The van der Waals surface area contributed by atoms with Gasteiger partial charge in [0.25, 0.3) is 0 Å². The second-order valence-electron chi connectivity index (χ2n) is 4.01. The highest BCUT2D eigenvalue weighted by Crippen LogP contribution is 2.07. The minimum absolute atomic E-state index is 0.162. The summed E-state index contributed by atoms with van der Waals surface area (Å²) in [4.78, 5) is 11.1. The lowest BCUT2D eigenvalue weighted by atomic mass is 10.2. The molecule has 1 atom stereocenters. The molecule has 0 aromatic heterocycles. The van der Waals surface area contributed by atoms with Crippen LogP contribution in [0.4, 0.5) is 9.18 Å². The van der Waals surface area contributed by atoms with Gasteiger partial charge in [0.2, 0.25) is 0 Å². The third-order valence-electron chi connectivity index (χ3n) is 1.38. The maximum absolute atomic E-state index is 12.3. The van der Waals surface area contributed by atoms with Gasteiger partial charge >= 0.3 is 6.09 Å². The van der Waals surface area contributed by atoms with E-state index in [0.29, 0.717) is 0 Å². The highest BCUT2D eigenvalue weighted by molar-refractivity contribution is 5.68. The summed E-state index contributed by atoms with van der Waals surface area (Å²) in [6.07, 6.45) is -0.468. The van der Waals surface area contributed by atoms with E-state index in [-0.39, 0.29) is 13.0 Å². The van der Waals surface area contributed by atoms with Crippen molar-refractivity contribution in [3.05, 3.63) is 0 Å². The molecule has 4 nitrogen and oxygen atoms in total. The first-order valence-corrected chi connectivity index (χ1v) is 4.55. The molecule has 0 heterocycles. The Balaban J connectivity index is 3.91. The van der Waals surface area contributed by atoms with Gasteiger partial charge in [0, 0.05) is 6.61 Å². The Morgan fingerprint density at radius 2 is 2.14 bits per heavy atom. The summed E-state index contributed by atoms with van der Waals surface area (Å²) in [5, 5.41) is 10.9. The number of hydrogen-bond donors (Lipinski definition) is 2. The highest BCUT2D eigenvalue weighted by Gasteiger charge is 2.18. The van der Waals surface area contributed by atoms with E-state index in [9.17, 15) is 9.18 Å². The SMILES string of the molecule is CC(C)(C)OC(=O)NC(CF)CCO. The summed E-state index contributed by atoms with van der Waals surface area (Å²) < 4.78 is 17.2. The van der Waals surface area contributed by atoms with Crippen LogP contribution in [0.1, 0.15) is 27.2 Å². The molecule has 2 N–H and O–H groups in total. The molecule has 0 bridgehead atoms. The van der Waals surface area contributed by atoms with E-state index < -0.39 is 24.4 Å². The number of hydrogen-bond acceptors (Lipinski definition) is 3. The largest absolute Gasteiger partial charge is 0.444 e. The number of rotatable bonds is 4. The number of aliphatic hydroxyl groups is 1. The summed E-state index contributed by atoms with van der Waals surface area (Å²) in [5.41, 5.74) is -0.593. The number of carbonyl (C=O) groups excluding carboxylic acids is 1. The van der Waals surface area contributed by atoms with Crippen molar-refractivity contribution in [2.24, 2.45) is 0 Å². The number of amides is 1. The maximum Gasteiger partial charge on any atom is 0.407 e. The fraction of sp³-hybridized carbons (Fsp3) is 0.889. The van der Waals surface area contributed by atoms with Crippen molar-refractivity contribution in [1.82, 2.24) is 5.32 Å². The van der Waals surface area contributed by atoms with Crippen LogP contribution in [0.3, 0.4) is 0 Å². The second kappa shape index (κ2) is 5.80. The zero-order valence-corrected chi connectivity index (χ0v) is 8.84. The van der Waals surface area contributed by atoms with Gasteiger partial charge in [-0.3, -0.25) is 0 Å². The van der Waals surface area contributed by atoms with Crippen molar-refractivity contribution in [3.63, 3.8) is 0 Å². The van der Waals surface area contributed by atoms with Gasteiger partial charge in [-0.05, 0) is 27.2 Å². The normalized spacial score (nSPS) is 13.5. The summed E-state index contributed by atoms with van der Waals surface area (Å²) in [6, 6.07) is -0.671. The summed E-state index contributed by atoms with van der Waals surface area (Å²) in [7, 11) is 0. The number of carbonyl (C=O) groups is 1. The van der Waals surface area contributed by atoms with Crippen LogP contribution in [0, 0.1) is 0 Å². The van der Waals surface area contributed by atoms with Gasteiger partial charge < -0.3 is 15.2 Å². The Labute approximate surface area is 83.4 Å². The predicted molar refractivity (Wildman–Crippen MR) is 50.8 cm³/mol. The third kappa shape index (κ3) is 6.65. The van der Waals surface area contributed by atoms with Crippen molar-refractivity contribution >= 4 is 6.09 Å². The quantitative estimate of drug-likeness (QED) is 0.729. The molecule has 0 rings (SSSR count). The number of alkyl halides is 1. The van der Waals surface area contributed by atoms with Crippen molar-refractivity contribution in [3.8, 4) is 0 Å². The van der Waals surface area contributed by atoms with Gasteiger partial charge in [0.15, 0.2) is 0 Å². The first-order valence-electron chi connectivity index (χ1n) is 4.55. The smallest absolute Gasteiger partial charge is 0.407 e. The van der Waals surface area contributed by atoms with Crippen molar-refractivity contribution < 1.29 is 19.0 Å². The zero-order chi connectivity index (χ0) is 11.2. The molecule has 0 aromatic rings. The standard InChI is InChI=1S/C9H18FNO3/c1-9(2,3)14-8(13)11-7(6-10)4-5-12/h7,12H,4-6H2,1-3H3,(H,11,13). The van der Waals surface area contributed by atoms with Crippen LogP contribution in [-0.4, -0.2) is 36.1 Å². The van der Waals surface area contributed by atoms with Crippen molar-refractivity contribution in [2.75, 3.05) is 13.3 Å². The molecule has 1 amide bonds. The van der Waals surface area contributed by atoms with Gasteiger partial charge in [-0.2, -0.15) is 0 Å². The van der Waals surface area contributed by atoms with E-state index >= 15 is 0 Å². The Morgan fingerprint density at radius 3 is 2.50 bits per heavy atom. The Kier molecular flexibility index (Phi) is 5.45. The molecule has 0 fully saturated rings. The number of ether oxygens (including phenoxy) is 1. The third-order valence-corrected chi connectivity index (χ3v) is 1.38. The molecule has 0 saturated heterocycles. The molecule has 0 aliphatic heterocycles. The van der Waals surface area contributed by atoms with Crippen LogP contribution in [0.5, 0.6) is 0 Å². The molecule has 0 radical (unpaired) electrons. The monoisotopic (exact) mass is 207 g/mol. The van der Waals surface area contributed by atoms with E-state index in [0.717, 1.165) is 0 Å². The van der Waals surface area contributed by atoms with E-state index in [1.54, 1.807) is 20.8 Å². The van der Waals surface area contributed by atoms with Crippen molar-refractivity contribution in [1.29, 1.82) is 0 Å². The first-order chi connectivity index (χ1) is 6.39. The first kappa shape index (κ1) is 13.2.